The Morgan fingerprint density at radius 1 is 1.18 bits per heavy atom. The smallest absolute Gasteiger partial charge is 0.158 e. The summed E-state index contributed by atoms with van der Waals surface area (Å²) in [6.45, 7) is 6.62. The Labute approximate surface area is 101 Å². The van der Waals surface area contributed by atoms with Gasteiger partial charge < -0.3 is 5.32 Å². The van der Waals surface area contributed by atoms with Crippen molar-refractivity contribution in [3.63, 3.8) is 0 Å². The van der Waals surface area contributed by atoms with Crippen molar-refractivity contribution in [1.29, 1.82) is 0 Å². The minimum Gasteiger partial charge on any atom is -0.315 e. The van der Waals surface area contributed by atoms with Crippen LogP contribution in [0.5, 0.6) is 0 Å². The first-order valence-corrected chi connectivity index (χ1v) is 5.62. The number of aromatic nitrogens is 5. The second-order valence-corrected chi connectivity index (χ2v) is 4.16. The van der Waals surface area contributed by atoms with Crippen molar-refractivity contribution in [1.82, 2.24) is 29.9 Å². The van der Waals surface area contributed by atoms with Crippen molar-refractivity contribution >= 4 is 0 Å². The molecule has 17 heavy (non-hydrogen) atoms. The van der Waals surface area contributed by atoms with Crippen LogP contribution in [-0.4, -0.2) is 31.6 Å². The summed E-state index contributed by atoms with van der Waals surface area (Å²) in [5.74, 6) is 2.63. The Hall–Kier alpha value is -1.69. The van der Waals surface area contributed by atoms with Crippen molar-refractivity contribution in [3.8, 4) is 5.82 Å². The Bertz CT molecular complexity index is 536. The molecule has 0 aliphatic carbocycles. The molecule has 0 unspecified atom stereocenters. The highest BCUT2D eigenvalue weighted by Gasteiger charge is 2.17. The maximum Gasteiger partial charge on any atom is 0.158 e. The van der Waals surface area contributed by atoms with Crippen molar-refractivity contribution in [2.75, 3.05) is 7.05 Å². The summed E-state index contributed by atoms with van der Waals surface area (Å²) < 4.78 is 3.70. The molecule has 0 radical (unpaired) electrons. The molecule has 0 spiro atoms. The molecule has 0 aromatic carbocycles. The fourth-order valence-electron chi connectivity index (χ4n) is 2.06. The summed E-state index contributed by atoms with van der Waals surface area (Å²) in [6, 6.07) is 0. The van der Waals surface area contributed by atoms with Crippen molar-refractivity contribution < 1.29 is 0 Å². The summed E-state index contributed by atoms with van der Waals surface area (Å²) >= 11 is 0. The van der Waals surface area contributed by atoms with Crippen LogP contribution in [0.3, 0.4) is 0 Å². The molecule has 1 N–H and O–H groups in total. The summed E-state index contributed by atoms with van der Waals surface area (Å²) in [4.78, 5) is 4.33. The van der Waals surface area contributed by atoms with Gasteiger partial charge in [-0.2, -0.15) is 9.78 Å². The van der Waals surface area contributed by atoms with Gasteiger partial charge in [0.25, 0.3) is 0 Å². The van der Waals surface area contributed by atoms with Crippen LogP contribution in [0.25, 0.3) is 5.82 Å². The van der Waals surface area contributed by atoms with Crippen LogP contribution in [0.1, 0.15) is 22.9 Å². The molecule has 2 rings (SSSR count). The predicted molar refractivity (Wildman–Crippen MR) is 65.1 cm³/mol. The van der Waals surface area contributed by atoms with Crippen LogP contribution in [0.15, 0.2) is 0 Å². The molecule has 0 aliphatic heterocycles. The highest BCUT2D eigenvalue weighted by atomic mass is 15.4. The molecule has 0 saturated carbocycles. The normalized spacial score (nSPS) is 11.1. The molecule has 0 atom stereocenters. The molecule has 0 amide bonds. The van der Waals surface area contributed by atoms with E-state index in [1.165, 1.54) is 0 Å². The Morgan fingerprint density at radius 2 is 1.88 bits per heavy atom. The van der Waals surface area contributed by atoms with Crippen LogP contribution in [0.4, 0.5) is 0 Å². The van der Waals surface area contributed by atoms with E-state index in [2.05, 4.69) is 20.5 Å². The van der Waals surface area contributed by atoms with Crippen LogP contribution >= 0.6 is 0 Å². The van der Waals surface area contributed by atoms with Gasteiger partial charge in [-0.15, -0.1) is 5.10 Å². The Morgan fingerprint density at radius 3 is 2.41 bits per heavy atom. The molecule has 2 aromatic heterocycles. The standard InChI is InChI=1S/C11H18N6/c1-7-10(6-12-4)11(16(5)14-7)17-9(3)13-8(2)15-17/h12H,6H2,1-5H3. The third-order valence-corrected chi connectivity index (χ3v) is 2.74. The Balaban J connectivity index is 2.61. The second-order valence-electron chi connectivity index (χ2n) is 4.16. The molecular formula is C11H18N6. The second kappa shape index (κ2) is 4.29. The monoisotopic (exact) mass is 234 g/mol. The highest BCUT2D eigenvalue weighted by molar-refractivity contribution is 5.37. The van der Waals surface area contributed by atoms with Gasteiger partial charge in [0.1, 0.15) is 11.6 Å². The van der Waals surface area contributed by atoms with Gasteiger partial charge in [0.05, 0.1) is 5.69 Å². The van der Waals surface area contributed by atoms with Crippen molar-refractivity contribution in [2.24, 2.45) is 7.05 Å². The van der Waals surface area contributed by atoms with Crippen LogP contribution in [-0.2, 0) is 13.6 Å². The first-order valence-electron chi connectivity index (χ1n) is 5.62. The largest absolute Gasteiger partial charge is 0.315 e. The van der Waals surface area contributed by atoms with Crippen molar-refractivity contribution in [3.05, 3.63) is 22.9 Å². The molecule has 0 fully saturated rings. The lowest BCUT2D eigenvalue weighted by Crippen LogP contribution is -2.12. The number of nitrogens with one attached hydrogen (secondary N) is 1. The van der Waals surface area contributed by atoms with E-state index in [1.807, 2.05) is 44.2 Å². The van der Waals surface area contributed by atoms with E-state index in [9.17, 15) is 0 Å². The average molecular weight is 234 g/mol. The summed E-state index contributed by atoms with van der Waals surface area (Å²) in [6.07, 6.45) is 0. The molecule has 2 aromatic rings. The van der Waals surface area contributed by atoms with E-state index in [0.717, 1.165) is 35.3 Å². The predicted octanol–water partition coefficient (Wildman–Crippen LogP) is 0.645. The van der Waals surface area contributed by atoms with Crippen molar-refractivity contribution in [2.45, 2.75) is 27.3 Å². The van der Waals surface area contributed by atoms with Gasteiger partial charge in [-0.1, -0.05) is 0 Å². The van der Waals surface area contributed by atoms with E-state index in [4.69, 9.17) is 0 Å². The SMILES string of the molecule is CNCc1c(C)nn(C)c1-n1nc(C)nc1C. The van der Waals surface area contributed by atoms with Crippen LogP contribution in [0.2, 0.25) is 0 Å². The lowest BCUT2D eigenvalue weighted by atomic mass is 10.2. The third-order valence-electron chi connectivity index (χ3n) is 2.74. The zero-order valence-corrected chi connectivity index (χ0v) is 10.9. The maximum absolute atomic E-state index is 4.44. The number of hydrogen-bond acceptors (Lipinski definition) is 4. The van der Waals surface area contributed by atoms with Gasteiger partial charge >= 0.3 is 0 Å². The summed E-state index contributed by atoms with van der Waals surface area (Å²) in [5, 5.41) is 12.0. The first kappa shape index (κ1) is 11.8. The third kappa shape index (κ3) is 1.95. The van der Waals surface area contributed by atoms with Gasteiger partial charge in [0.15, 0.2) is 5.82 Å². The van der Waals surface area contributed by atoms with Crippen LogP contribution in [0, 0.1) is 20.8 Å². The first-order chi connectivity index (χ1) is 8.04. The maximum atomic E-state index is 4.44. The number of rotatable bonds is 3. The van der Waals surface area contributed by atoms with Gasteiger partial charge in [0.2, 0.25) is 0 Å². The molecule has 2 heterocycles. The zero-order chi connectivity index (χ0) is 12.6. The topological polar surface area (TPSA) is 60.6 Å². The van der Waals surface area contributed by atoms with Gasteiger partial charge in [-0.25, -0.2) is 4.98 Å². The molecule has 92 valence electrons. The molecule has 6 heteroatoms. The molecule has 0 saturated heterocycles. The molecule has 0 aliphatic rings. The fourth-order valence-corrected chi connectivity index (χ4v) is 2.06. The van der Waals surface area contributed by atoms with Gasteiger partial charge in [-0.3, -0.25) is 4.68 Å². The molecule has 0 bridgehead atoms. The fraction of sp³-hybridized carbons (Fsp3) is 0.545. The number of aryl methyl sites for hydroxylation is 4. The van der Waals surface area contributed by atoms with Crippen LogP contribution < -0.4 is 5.32 Å². The van der Waals surface area contributed by atoms with Gasteiger partial charge in [-0.05, 0) is 27.8 Å². The van der Waals surface area contributed by atoms with E-state index in [0.29, 0.717) is 0 Å². The minimum absolute atomic E-state index is 0.771. The van der Waals surface area contributed by atoms with E-state index in [-0.39, 0.29) is 0 Å². The molecular weight excluding hydrogens is 216 g/mol. The van der Waals surface area contributed by atoms with E-state index < -0.39 is 0 Å². The number of nitrogens with zero attached hydrogens (tertiary/aromatic N) is 5. The minimum atomic E-state index is 0.771. The number of hydrogen-bond donors (Lipinski definition) is 1. The molecule has 6 nitrogen and oxygen atoms in total. The lowest BCUT2D eigenvalue weighted by Gasteiger charge is -2.07. The summed E-state index contributed by atoms with van der Waals surface area (Å²) in [5.41, 5.74) is 2.17. The summed E-state index contributed by atoms with van der Waals surface area (Å²) in [7, 11) is 3.85. The lowest BCUT2D eigenvalue weighted by molar-refractivity contribution is 0.675. The quantitative estimate of drug-likeness (QED) is 0.847. The van der Waals surface area contributed by atoms with E-state index >= 15 is 0 Å². The van der Waals surface area contributed by atoms with E-state index in [1.54, 1.807) is 0 Å². The van der Waals surface area contributed by atoms with Gasteiger partial charge in [0, 0.05) is 19.2 Å². The average Bonchev–Trinajstić information content (AvgIpc) is 2.69. The highest BCUT2D eigenvalue weighted by Crippen LogP contribution is 2.18. The Kier molecular flexibility index (Phi) is 2.97. The zero-order valence-electron chi connectivity index (χ0n) is 10.9.